The number of nitrogens with one attached hydrogen (secondary N) is 2. The van der Waals surface area contributed by atoms with Crippen LogP contribution in [0.25, 0.3) is 0 Å². The van der Waals surface area contributed by atoms with Gasteiger partial charge in [0.05, 0.1) is 6.54 Å². The van der Waals surface area contributed by atoms with Gasteiger partial charge in [0.2, 0.25) is 5.91 Å². The monoisotopic (exact) mass is 350 g/mol. The summed E-state index contributed by atoms with van der Waals surface area (Å²) in [6.45, 7) is 8.52. The maximum Gasteiger partial charge on any atom is 0.344 e. The molecule has 138 valence electrons. The van der Waals surface area contributed by atoms with E-state index in [1.165, 1.54) is 0 Å². The van der Waals surface area contributed by atoms with Crippen LogP contribution in [0.2, 0.25) is 0 Å². The van der Waals surface area contributed by atoms with Gasteiger partial charge in [-0.05, 0) is 45.7 Å². The lowest BCUT2D eigenvalue weighted by atomic mass is 10.1. The van der Waals surface area contributed by atoms with Gasteiger partial charge < -0.3 is 20.1 Å². The Morgan fingerprint density at radius 1 is 1.00 bits per heavy atom. The Kier molecular flexibility index (Phi) is 7.91. The van der Waals surface area contributed by atoms with Gasteiger partial charge in [0, 0.05) is 6.04 Å². The highest BCUT2D eigenvalue weighted by molar-refractivity contribution is 5.86. The minimum Gasteiger partial charge on any atom is -0.481 e. The number of carbonyl (C=O) groups is 3. The van der Waals surface area contributed by atoms with Crippen LogP contribution in [0, 0.1) is 20.8 Å². The third-order valence-electron chi connectivity index (χ3n) is 3.20. The van der Waals surface area contributed by atoms with Crippen molar-refractivity contribution in [2.24, 2.45) is 0 Å². The molecule has 0 fully saturated rings. The van der Waals surface area contributed by atoms with Crippen molar-refractivity contribution in [3.05, 3.63) is 28.8 Å². The second kappa shape index (κ2) is 9.66. The largest absolute Gasteiger partial charge is 0.481 e. The fourth-order valence-corrected chi connectivity index (χ4v) is 2.32. The average molecular weight is 350 g/mol. The number of hydrogen-bond donors (Lipinski definition) is 2. The van der Waals surface area contributed by atoms with E-state index in [1.54, 1.807) is 0 Å². The second-order valence-corrected chi connectivity index (χ2v) is 6.18. The van der Waals surface area contributed by atoms with Crippen molar-refractivity contribution in [1.82, 2.24) is 10.6 Å². The highest BCUT2D eigenvalue weighted by atomic mass is 16.6. The molecule has 0 unspecified atom stereocenters. The van der Waals surface area contributed by atoms with Crippen molar-refractivity contribution in [2.75, 3.05) is 19.8 Å². The summed E-state index contributed by atoms with van der Waals surface area (Å²) in [6, 6.07) is 3.92. The van der Waals surface area contributed by atoms with Gasteiger partial charge in [-0.2, -0.15) is 0 Å². The van der Waals surface area contributed by atoms with Crippen molar-refractivity contribution >= 4 is 17.8 Å². The molecular formula is C18H26N2O5. The van der Waals surface area contributed by atoms with Crippen LogP contribution in [0.3, 0.4) is 0 Å². The summed E-state index contributed by atoms with van der Waals surface area (Å²) in [4.78, 5) is 34.6. The van der Waals surface area contributed by atoms with Crippen LogP contribution in [0.15, 0.2) is 12.1 Å². The smallest absolute Gasteiger partial charge is 0.344 e. The molecule has 0 aliphatic rings. The highest BCUT2D eigenvalue weighted by Crippen LogP contribution is 2.24. The normalized spacial score (nSPS) is 10.3. The zero-order valence-electron chi connectivity index (χ0n) is 15.4. The summed E-state index contributed by atoms with van der Waals surface area (Å²) >= 11 is 0. The Labute approximate surface area is 148 Å². The second-order valence-electron chi connectivity index (χ2n) is 6.18. The van der Waals surface area contributed by atoms with Crippen LogP contribution in [0.5, 0.6) is 5.75 Å². The van der Waals surface area contributed by atoms with Gasteiger partial charge in [0.1, 0.15) is 5.75 Å². The zero-order valence-corrected chi connectivity index (χ0v) is 15.4. The molecule has 2 amide bonds. The van der Waals surface area contributed by atoms with E-state index in [4.69, 9.17) is 9.47 Å². The first-order chi connectivity index (χ1) is 11.7. The molecule has 1 rings (SSSR count). The van der Waals surface area contributed by atoms with Crippen LogP contribution >= 0.6 is 0 Å². The number of aryl methyl sites for hydroxylation is 3. The summed E-state index contributed by atoms with van der Waals surface area (Å²) in [5.41, 5.74) is 2.97. The van der Waals surface area contributed by atoms with Crippen molar-refractivity contribution in [1.29, 1.82) is 0 Å². The Balaban J connectivity index is 2.33. The third-order valence-corrected chi connectivity index (χ3v) is 3.20. The van der Waals surface area contributed by atoms with E-state index < -0.39 is 18.5 Å². The topological polar surface area (TPSA) is 93.7 Å². The predicted octanol–water partition coefficient (Wildman–Crippen LogP) is 1.17. The van der Waals surface area contributed by atoms with E-state index >= 15 is 0 Å². The van der Waals surface area contributed by atoms with Gasteiger partial charge in [-0.3, -0.25) is 9.59 Å². The van der Waals surface area contributed by atoms with Crippen molar-refractivity contribution in [3.8, 4) is 5.75 Å². The summed E-state index contributed by atoms with van der Waals surface area (Å²) < 4.78 is 10.3. The van der Waals surface area contributed by atoms with Crippen LogP contribution in [-0.4, -0.2) is 43.6 Å². The fraction of sp³-hybridized carbons (Fsp3) is 0.500. The summed E-state index contributed by atoms with van der Waals surface area (Å²) in [5, 5.41) is 5.01. The van der Waals surface area contributed by atoms with Gasteiger partial charge in [-0.15, -0.1) is 0 Å². The maximum atomic E-state index is 11.7. The van der Waals surface area contributed by atoms with E-state index in [-0.39, 0.29) is 25.1 Å². The van der Waals surface area contributed by atoms with Crippen LogP contribution in [-0.2, 0) is 19.1 Å². The van der Waals surface area contributed by atoms with Crippen molar-refractivity contribution in [2.45, 2.75) is 40.7 Å². The van der Waals surface area contributed by atoms with Crippen LogP contribution in [0.4, 0.5) is 0 Å². The zero-order chi connectivity index (χ0) is 19.0. The third kappa shape index (κ3) is 7.69. The number of amides is 2. The minimum atomic E-state index is -0.652. The molecule has 1 aromatic rings. The number of esters is 1. The molecule has 25 heavy (non-hydrogen) atoms. The number of carbonyl (C=O) groups excluding carboxylic acids is 3. The van der Waals surface area contributed by atoms with Crippen LogP contribution < -0.4 is 15.4 Å². The van der Waals surface area contributed by atoms with Crippen LogP contribution in [0.1, 0.15) is 30.5 Å². The Morgan fingerprint density at radius 3 is 2.16 bits per heavy atom. The molecule has 7 nitrogen and oxygen atoms in total. The number of ether oxygens (including phenoxy) is 2. The Hall–Kier alpha value is -2.57. The van der Waals surface area contributed by atoms with Gasteiger partial charge >= 0.3 is 5.97 Å². The van der Waals surface area contributed by atoms with Gasteiger partial charge in [-0.25, -0.2) is 4.79 Å². The molecule has 7 heteroatoms. The quantitative estimate of drug-likeness (QED) is 0.687. The average Bonchev–Trinajstić information content (AvgIpc) is 2.49. The molecule has 2 N–H and O–H groups in total. The molecule has 0 aromatic heterocycles. The van der Waals surface area contributed by atoms with E-state index in [9.17, 15) is 14.4 Å². The molecule has 0 aliphatic heterocycles. The molecule has 0 heterocycles. The lowest BCUT2D eigenvalue weighted by Crippen LogP contribution is -2.41. The molecule has 0 spiro atoms. The maximum absolute atomic E-state index is 11.7. The first-order valence-electron chi connectivity index (χ1n) is 8.11. The molecule has 1 aromatic carbocycles. The standard InChI is InChI=1S/C18H26N2O5/c1-11(2)20-15(21)8-19-16(22)9-24-17(23)10-25-18-13(4)6-12(3)7-14(18)5/h6-7,11H,8-10H2,1-5H3,(H,19,22)(H,20,21). The van der Waals surface area contributed by atoms with Gasteiger partial charge in [0.15, 0.2) is 13.2 Å². The van der Waals surface area contributed by atoms with Gasteiger partial charge in [-0.1, -0.05) is 17.7 Å². The highest BCUT2D eigenvalue weighted by Gasteiger charge is 2.12. The SMILES string of the molecule is Cc1cc(C)c(OCC(=O)OCC(=O)NCC(=O)NC(C)C)c(C)c1. The van der Waals surface area contributed by atoms with Gasteiger partial charge in [0.25, 0.3) is 5.91 Å². The molecule has 0 aliphatic carbocycles. The molecule has 0 atom stereocenters. The molecule has 0 bridgehead atoms. The minimum absolute atomic E-state index is 0.00642. The number of rotatable bonds is 8. The van der Waals surface area contributed by atoms with Crippen molar-refractivity contribution in [3.63, 3.8) is 0 Å². The molecule has 0 saturated carbocycles. The predicted molar refractivity (Wildman–Crippen MR) is 93.4 cm³/mol. The molecule has 0 radical (unpaired) electrons. The number of hydrogen-bond acceptors (Lipinski definition) is 5. The summed E-state index contributed by atoms with van der Waals surface area (Å²) in [6.07, 6.45) is 0. The van der Waals surface area contributed by atoms with E-state index in [0.717, 1.165) is 16.7 Å². The Bertz CT molecular complexity index is 617. The molecular weight excluding hydrogens is 324 g/mol. The van der Waals surface area contributed by atoms with E-state index in [2.05, 4.69) is 10.6 Å². The first-order valence-corrected chi connectivity index (χ1v) is 8.11. The first kappa shape index (κ1) is 20.5. The van der Waals surface area contributed by atoms with E-state index in [0.29, 0.717) is 5.75 Å². The fourth-order valence-electron chi connectivity index (χ4n) is 2.32. The Morgan fingerprint density at radius 2 is 1.60 bits per heavy atom. The summed E-state index contributed by atoms with van der Waals surface area (Å²) in [7, 11) is 0. The lowest BCUT2D eigenvalue weighted by Gasteiger charge is -2.13. The van der Waals surface area contributed by atoms with E-state index in [1.807, 2.05) is 46.8 Å². The number of benzene rings is 1. The molecule has 0 saturated heterocycles. The summed E-state index contributed by atoms with van der Waals surface area (Å²) in [5.74, 6) is -0.864. The van der Waals surface area contributed by atoms with Crippen molar-refractivity contribution < 1.29 is 23.9 Å². The lowest BCUT2D eigenvalue weighted by molar-refractivity contribution is -0.150.